The van der Waals surface area contributed by atoms with Crippen LogP contribution in [0.3, 0.4) is 0 Å². The van der Waals surface area contributed by atoms with Gasteiger partial charge in [-0.05, 0) is 0 Å². The van der Waals surface area contributed by atoms with Gasteiger partial charge in [-0.15, -0.1) is 0 Å². The number of carbonyl (C=O) groups excluding carboxylic acids is 1. The molecule has 0 aromatic heterocycles. The van der Waals surface area contributed by atoms with E-state index < -0.39 is 17.9 Å². The molecular weight excluding hydrogens is 150 g/mol. The van der Waals surface area contributed by atoms with Crippen molar-refractivity contribution >= 4 is 11.8 Å². The first-order valence-corrected chi connectivity index (χ1v) is 3.31. The molecule has 5 heteroatoms. The van der Waals surface area contributed by atoms with E-state index in [-0.39, 0.29) is 0 Å². The van der Waals surface area contributed by atoms with Gasteiger partial charge in [-0.25, -0.2) is 4.79 Å². The molecule has 5 nitrogen and oxygen atoms in total. The molecule has 1 atom stereocenters. The number of hydrogen-bond donors (Lipinski definition) is 2. The van der Waals surface area contributed by atoms with Gasteiger partial charge in [0.15, 0.2) is 0 Å². The van der Waals surface area contributed by atoms with Crippen LogP contribution in [0.25, 0.3) is 0 Å². The van der Waals surface area contributed by atoms with Crippen molar-refractivity contribution < 1.29 is 19.4 Å². The summed E-state index contributed by atoms with van der Waals surface area (Å²) >= 11 is 0. The number of ether oxygens (including phenoxy) is 1. The van der Waals surface area contributed by atoms with Gasteiger partial charge in [-0.1, -0.05) is 0 Å². The number of rotatable bonds is 2. The second kappa shape index (κ2) is 3.45. The Morgan fingerprint density at radius 1 is 1.55 bits per heavy atom. The van der Waals surface area contributed by atoms with Crippen molar-refractivity contribution in [1.82, 2.24) is 5.32 Å². The molecule has 0 aromatic rings. The standard InChI is InChI=1S/C6H9NO4/c8-5(6(9)10)4-3-7-1-2-11-4/h4,7H,1-3H2,(H,9,10). The minimum absolute atomic E-state index is 0.297. The van der Waals surface area contributed by atoms with Crippen molar-refractivity contribution in [2.45, 2.75) is 6.10 Å². The van der Waals surface area contributed by atoms with Crippen LogP contribution in [0.4, 0.5) is 0 Å². The van der Waals surface area contributed by atoms with Gasteiger partial charge >= 0.3 is 5.97 Å². The molecule has 1 heterocycles. The molecule has 1 aliphatic rings. The van der Waals surface area contributed by atoms with Crippen LogP contribution in [-0.4, -0.2) is 42.7 Å². The summed E-state index contributed by atoms with van der Waals surface area (Å²) in [6, 6.07) is 0. The number of ketones is 1. The van der Waals surface area contributed by atoms with Crippen LogP contribution in [-0.2, 0) is 14.3 Å². The molecule has 1 saturated heterocycles. The van der Waals surface area contributed by atoms with Crippen molar-refractivity contribution in [2.24, 2.45) is 0 Å². The molecule has 1 unspecified atom stereocenters. The monoisotopic (exact) mass is 159 g/mol. The Hall–Kier alpha value is -0.940. The first kappa shape index (κ1) is 8.16. The van der Waals surface area contributed by atoms with Gasteiger partial charge in [0.25, 0.3) is 5.78 Å². The summed E-state index contributed by atoms with van der Waals surface area (Å²) in [6.07, 6.45) is -0.804. The molecule has 0 aromatic carbocycles. The van der Waals surface area contributed by atoms with Gasteiger partial charge < -0.3 is 15.2 Å². The summed E-state index contributed by atoms with van der Waals surface area (Å²) in [5, 5.41) is 11.1. The summed E-state index contributed by atoms with van der Waals surface area (Å²) in [7, 11) is 0. The van der Waals surface area contributed by atoms with Gasteiger partial charge in [0.2, 0.25) is 0 Å². The van der Waals surface area contributed by atoms with E-state index in [9.17, 15) is 9.59 Å². The fourth-order valence-corrected chi connectivity index (χ4v) is 0.872. The minimum atomic E-state index is -1.43. The van der Waals surface area contributed by atoms with Crippen LogP contribution >= 0.6 is 0 Å². The molecule has 1 fully saturated rings. The Morgan fingerprint density at radius 3 is 2.73 bits per heavy atom. The highest BCUT2D eigenvalue weighted by Crippen LogP contribution is 1.96. The van der Waals surface area contributed by atoms with E-state index in [0.29, 0.717) is 19.7 Å². The average molecular weight is 159 g/mol. The van der Waals surface area contributed by atoms with Crippen LogP contribution in [0.2, 0.25) is 0 Å². The SMILES string of the molecule is O=C(O)C(=O)C1CNCCO1. The van der Waals surface area contributed by atoms with Crippen LogP contribution < -0.4 is 5.32 Å². The number of Topliss-reactive ketones (excluding diaryl/α,β-unsaturated/α-hetero) is 1. The quantitative estimate of drug-likeness (QED) is 0.486. The lowest BCUT2D eigenvalue weighted by Crippen LogP contribution is -2.45. The van der Waals surface area contributed by atoms with Gasteiger partial charge in [-0.3, -0.25) is 4.79 Å². The number of carboxylic acid groups (broad SMARTS) is 1. The number of carbonyl (C=O) groups is 2. The van der Waals surface area contributed by atoms with Crippen molar-refractivity contribution in [2.75, 3.05) is 19.7 Å². The van der Waals surface area contributed by atoms with Crippen LogP contribution in [0.15, 0.2) is 0 Å². The van der Waals surface area contributed by atoms with Crippen molar-refractivity contribution in [3.8, 4) is 0 Å². The smallest absolute Gasteiger partial charge is 0.375 e. The first-order valence-electron chi connectivity index (χ1n) is 3.31. The average Bonchev–Trinajstić information content (AvgIpc) is 2.05. The number of aliphatic carboxylic acids is 1. The Kier molecular flexibility index (Phi) is 2.56. The number of hydrogen-bond acceptors (Lipinski definition) is 4. The molecule has 0 saturated carbocycles. The zero-order valence-corrected chi connectivity index (χ0v) is 5.87. The Bertz CT molecular complexity index is 173. The minimum Gasteiger partial charge on any atom is -0.475 e. The summed E-state index contributed by atoms with van der Waals surface area (Å²) in [5.74, 6) is -2.31. The van der Waals surface area contributed by atoms with Gasteiger partial charge in [0, 0.05) is 13.1 Å². The second-order valence-electron chi connectivity index (χ2n) is 2.23. The normalized spacial score (nSPS) is 24.5. The first-order chi connectivity index (χ1) is 5.22. The summed E-state index contributed by atoms with van der Waals surface area (Å²) in [4.78, 5) is 20.9. The molecule has 2 N–H and O–H groups in total. The highest BCUT2D eigenvalue weighted by atomic mass is 16.5. The van der Waals surface area contributed by atoms with E-state index in [1.165, 1.54) is 0 Å². The third kappa shape index (κ3) is 1.99. The molecular formula is C6H9NO4. The van der Waals surface area contributed by atoms with E-state index in [1.54, 1.807) is 0 Å². The molecule has 0 amide bonds. The van der Waals surface area contributed by atoms with E-state index in [0.717, 1.165) is 0 Å². The number of morpholine rings is 1. The third-order valence-electron chi connectivity index (χ3n) is 1.43. The lowest BCUT2D eigenvalue weighted by molar-refractivity contribution is -0.155. The molecule has 0 spiro atoms. The molecule has 62 valence electrons. The maximum Gasteiger partial charge on any atom is 0.375 e. The maximum absolute atomic E-state index is 10.7. The Labute approximate surface area is 63.3 Å². The zero-order valence-electron chi connectivity index (χ0n) is 5.87. The fourth-order valence-electron chi connectivity index (χ4n) is 0.872. The molecule has 0 aliphatic carbocycles. The van der Waals surface area contributed by atoms with Crippen LogP contribution in [0, 0.1) is 0 Å². The fraction of sp³-hybridized carbons (Fsp3) is 0.667. The highest BCUT2D eigenvalue weighted by Gasteiger charge is 2.26. The van der Waals surface area contributed by atoms with Crippen molar-refractivity contribution in [3.05, 3.63) is 0 Å². The van der Waals surface area contributed by atoms with Crippen LogP contribution in [0.5, 0.6) is 0 Å². The molecule has 1 rings (SSSR count). The van der Waals surface area contributed by atoms with E-state index in [2.05, 4.69) is 5.32 Å². The van der Waals surface area contributed by atoms with E-state index >= 15 is 0 Å². The maximum atomic E-state index is 10.7. The van der Waals surface area contributed by atoms with Crippen molar-refractivity contribution in [1.29, 1.82) is 0 Å². The van der Waals surface area contributed by atoms with E-state index in [4.69, 9.17) is 9.84 Å². The number of carboxylic acids is 1. The Morgan fingerprint density at radius 2 is 2.27 bits per heavy atom. The van der Waals surface area contributed by atoms with Crippen LogP contribution in [0.1, 0.15) is 0 Å². The van der Waals surface area contributed by atoms with E-state index in [1.807, 2.05) is 0 Å². The molecule has 1 aliphatic heterocycles. The summed E-state index contributed by atoms with van der Waals surface area (Å²) < 4.78 is 4.91. The third-order valence-corrected chi connectivity index (χ3v) is 1.43. The highest BCUT2D eigenvalue weighted by molar-refractivity contribution is 6.34. The lowest BCUT2D eigenvalue weighted by Gasteiger charge is -2.20. The molecule has 0 bridgehead atoms. The predicted octanol–water partition coefficient (Wildman–Crippen LogP) is -1.37. The van der Waals surface area contributed by atoms with Gasteiger partial charge in [0.1, 0.15) is 6.10 Å². The lowest BCUT2D eigenvalue weighted by atomic mass is 10.2. The predicted molar refractivity (Wildman–Crippen MR) is 35.3 cm³/mol. The zero-order chi connectivity index (χ0) is 8.27. The molecule has 11 heavy (non-hydrogen) atoms. The Balaban J connectivity index is 2.45. The summed E-state index contributed by atoms with van der Waals surface area (Å²) in [5.41, 5.74) is 0. The second-order valence-corrected chi connectivity index (χ2v) is 2.23. The van der Waals surface area contributed by atoms with Gasteiger partial charge in [0.05, 0.1) is 6.61 Å². The largest absolute Gasteiger partial charge is 0.475 e. The van der Waals surface area contributed by atoms with Crippen molar-refractivity contribution in [3.63, 3.8) is 0 Å². The summed E-state index contributed by atoms with van der Waals surface area (Å²) in [6.45, 7) is 1.36. The molecule has 0 radical (unpaired) electrons. The van der Waals surface area contributed by atoms with Gasteiger partial charge in [-0.2, -0.15) is 0 Å². The topological polar surface area (TPSA) is 75.6 Å². The number of nitrogens with one attached hydrogen (secondary N) is 1.